The average Bonchev–Trinajstić information content (AvgIpc) is 2.84. The van der Waals surface area contributed by atoms with E-state index in [9.17, 15) is 5.11 Å². The predicted molar refractivity (Wildman–Crippen MR) is 50.5 cm³/mol. The van der Waals surface area contributed by atoms with E-state index < -0.39 is 6.10 Å². The molecule has 2 aromatic heterocycles. The molecule has 0 aliphatic heterocycles. The third-order valence-corrected chi connectivity index (χ3v) is 1.97. The fraction of sp³-hybridized carbons (Fsp3) is 0.375. The van der Waals surface area contributed by atoms with Crippen molar-refractivity contribution in [1.82, 2.24) is 19.7 Å². The topological polar surface area (TPSA) is 103 Å². The van der Waals surface area contributed by atoms with Gasteiger partial charge in [0, 0.05) is 26.0 Å². The van der Waals surface area contributed by atoms with Crippen molar-refractivity contribution in [3.8, 4) is 11.6 Å². The highest BCUT2D eigenvalue weighted by atomic mass is 16.5. The zero-order valence-electron chi connectivity index (χ0n) is 8.16. The number of imidazole rings is 1. The molecule has 0 saturated heterocycles. The smallest absolute Gasteiger partial charge is 0.257 e. The second-order valence-electron chi connectivity index (χ2n) is 3.07. The predicted octanol–water partition coefficient (Wildman–Crippen LogP) is -0.538. The van der Waals surface area contributed by atoms with Crippen LogP contribution >= 0.6 is 0 Å². The highest BCUT2D eigenvalue weighted by molar-refractivity contribution is 5.42. The molecule has 7 heteroatoms. The van der Waals surface area contributed by atoms with Crippen molar-refractivity contribution < 1.29 is 9.63 Å². The Morgan fingerprint density at radius 2 is 2.47 bits per heavy atom. The van der Waals surface area contributed by atoms with Crippen LogP contribution in [0.2, 0.25) is 0 Å². The Bertz CT molecular complexity index is 449. The number of rotatable bonds is 3. The number of nitrogens with zero attached hydrogens (tertiary/aromatic N) is 4. The maximum atomic E-state index is 9.36. The number of aliphatic hydroxyl groups is 1. The molecule has 0 amide bonds. The van der Waals surface area contributed by atoms with Gasteiger partial charge >= 0.3 is 0 Å². The molecule has 0 bridgehead atoms. The third-order valence-electron chi connectivity index (χ3n) is 1.97. The summed E-state index contributed by atoms with van der Waals surface area (Å²) in [6.45, 7) is 0.0438. The first-order valence-electron chi connectivity index (χ1n) is 4.42. The van der Waals surface area contributed by atoms with E-state index in [4.69, 9.17) is 10.3 Å². The summed E-state index contributed by atoms with van der Waals surface area (Å²) in [4.78, 5) is 8.04. The summed E-state index contributed by atoms with van der Waals surface area (Å²) in [5.74, 6) is 1.02. The van der Waals surface area contributed by atoms with Gasteiger partial charge < -0.3 is 19.9 Å². The van der Waals surface area contributed by atoms with Crippen molar-refractivity contribution in [1.29, 1.82) is 0 Å². The molecule has 15 heavy (non-hydrogen) atoms. The Morgan fingerprint density at radius 1 is 1.67 bits per heavy atom. The van der Waals surface area contributed by atoms with Crippen LogP contribution in [-0.4, -0.2) is 31.3 Å². The molecule has 2 rings (SSSR count). The van der Waals surface area contributed by atoms with Crippen molar-refractivity contribution in [3.05, 3.63) is 18.3 Å². The first-order valence-corrected chi connectivity index (χ1v) is 4.42. The van der Waals surface area contributed by atoms with Crippen molar-refractivity contribution in [3.63, 3.8) is 0 Å². The second kappa shape index (κ2) is 3.79. The van der Waals surface area contributed by atoms with Gasteiger partial charge in [-0.3, -0.25) is 0 Å². The first kappa shape index (κ1) is 9.81. The van der Waals surface area contributed by atoms with Gasteiger partial charge in [0.2, 0.25) is 5.82 Å². The fourth-order valence-electron chi connectivity index (χ4n) is 1.14. The molecule has 2 aromatic rings. The van der Waals surface area contributed by atoms with Crippen LogP contribution in [0.1, 0.15) is 12.0 Å². The van der Waals surface area contributed by atoms with Crippen molar-refractivity contribution in [2.24, 2.45) is 12.8 Å². The van der Waals surface area contributed by atoms with Crippen molar-refractivity contribution in [2.75, 3.05) is 6.54 Å². The van der Waals surface area contributed by atoms with Gasteiger partial charge in [-0.1, -0.05) is 5.16 Å². The number of aromatic nitrogens is 4. The first-order chi connectivity index (χ1) is 7.22. The summed E-state index contributed by atoms with van der Waals surface area (Å²) in [7, 11) is 1.82. The summed E-state index contributed by atoms with van der Waals surface area (Å²) in [6.07, 6.45) is 2.47. The van der Waals surface area contributed by atoms with Crippen LogP contribution in [-0.2, 0) is 7.05 Å². The van der Waals surface area contributed by atoms with Crippen LogP contribution in [0.25, 0.3) is 11.6 Å². The van der Waals surface area contributed by atoms with Crippen molar-refractivity contribution >= 4 is 0 Å². The number of nitrogens with two attached hydrogens (primary N) is 1. The van der Waals surface area contributed by atoms with E-state index in [2.05, 4.69) is 15.1 Å². The molecular weight excluding hydrogens is 198 g/mol. The Hall–Kier alpha value is -1.73. The highest BCUT2D eigenvalue weighted by Crippen LogP contribution is 2.15. The summed E-state index contributed by atoms with van der Waals surface area (Å²) in [5.41, 5.74) is 5.26. The maximum Gasteiger partial charge on any atom is 0.257 e. The van der Waals surface area contributed by atoms with Gasteiger partial charge in [-0.15, -0.1) is 0 Å². The Kier molecular flexibility index (Phi) is 2.48. The molecular formula is C8H11N5O2. The molecule has 7 nitrogen and oxygen atoms in total. The largest absolute Gasteiger partial charge is 0.382 e. The molecule has 0 aromatic carbocycles. The van der Waals surface area contributed by atoms with E-state index in [-0.39, 0.29) is 12.4 Å². The Morgan fingerprint density at radius 3 is 3.07 bits per heavy atom. The van der Waals surface area contributed by atoms with Crippen LogP contribution in [0.3, 0.4) is 0 Å². The average molecular weight is 209 g/mol. The standard InChI is InChI=1S/C8H11N5O2/c1-13-3-2-10-7(13)6-11-8(15-12-6)5(14)4-9/h2-3,5,14H,4,9H2,1H3/t5-/m0/s1. The zero-order valence-corrected chi connectivity index (χ0v) is 8.16. The molecule has 0 saturated carbocycles. The molecule has 80 valence electrons. The van der Waals surface area contributed by atoms with E-state index in [1.54, 1.807) is 17.0 Å². The molecule has 3 N–H and O–H groups in total. The number of hydrogen-bond donors (Lipinski definition) is 2. The van der Waals surface area contributed by atoms with Gasteiger partial charge in [0.1, 0.15) is 6.10 Å². The number of aryl methyl sites for hydroxylation is 1. The highest BCUT2D eigenvalue weighted by Gasteiger charge is 2.17. The van der Waals surface area contributed by atoms with Crippen molar-refractivity contribution in [2.45, 2.75) is 6.10 Å². The van der Waals surface area contributed by atoms with E-state index >= 15 is 0 Å². The summed E-state index contributed by atoms with van der Waals surface area (Å²) in [5, 5.41) is 13.1. The summed E-state index contributed by atoms with van der Waals surface area (Å²) in [6, 6.07) is 0. The normalized spacial score (nSPS) is 13.0. The monoisotopic (exact) mass is 209 g/mol. The van der Waals surface area contributed by atoms with Crippen LogP contribution < -0.4 is 5.73 Å². The van der Waals surface area contributed by atoms with Crippen LogP contribution in [0, 0.1) is 0 Å². The second-order valence-corrected chi connectivity index (χ2v) is 3.07. The molecule has 2 heterocycles. The molecule has 0 aliphatic rings. The van der Waals surface area contributed by atoms with Crippen LogP contribution in [0.4, 0.5) is 0 Å². The summed E-state index contributed by atoms with van der Waals surface area (Å²) >= 11 is 0. The SMILES string of the molecule is Cn1ccnc1-c1noc([C@@H](O)CN)n1. The lowest BCUT2D eigenvalue weighted by Gasteiger charge is -1.98. The molecule has 0 unspecified atom stereocenters. The van der Waals surface area contributed by atoms with Gasteiger partial charge in [0.15, 0.2) is 5.82 Å². The van der Waals surface area contributed by atoms with E-state index in [1.807, 2.05) is 7.05 Å². The molecule has 1 atom stereocenters. The lowest BCUT2D eigenvalue weighted by molar-refractivity contribution is 0.141. The fourth-order valence-corrected chi connectivity index (χ4v) is 1.14. The molecule has 0 fully saturated rings. The summed E-state index contributed by atoms with van der Waals surface area (Å²) < 4.78 is 6.61. The van der Waals surface area contributed by atoms with Gasteiger partial charge in [-0.25, -0.2) is 4.98 Å². The zero-order chi connectivity index (χ0) is 10.8. The van der Waals surface area contributed by atoms with Crippen LogP contribution in [0.5, 0.6) is 0 Å². The lowest BCUT2D eigenvalue weighted by atomic mass is 10.3. The van der Waals surface area contributed by atoms with Gasteiger partial charge in [0.05, 0.1) is 0 Å². The van der Waals surface area contributed by atoms with Gasteiger partial charge in [0.25, 0.3) is 5.89 Å². The number of aliphatic hydroxyl groups excluding tert-OH is 1. The minimum atomic E-state index is -0.925. The van der Waals surface area contributed by atoms with E-state index in [1.165, 1.54) is 0 Å². The number of hydrogen-bond acceptors (Lipinski definition) is 6. The minimum absolute atomic E-state index is 0.0438. The lowest BCUT2D eigenvalue weighted by Crippen LogP contribution is -2.11. The van der Waals surface area contributed by atoms with Gasteiger partial charge in [-0.2, -0.15) is 4.98 Å². The van der Waals surface area contributed by atoms with Gasteiger partial charge in [-0.05, 0) is 0 Å². The third kappa shape index (κ3) is 1.74. The van der Waals surface area contributed by atoms with E-state index in [0.717, 1.165) is 0 Å². The molecule has 0 aliphatic carbocycles. The minimum Gasteiger partial charge on any atom is -0.382 e. The quantitative estimate of drug-likeness (QED) is 0.703. The Balaban J connectivity index is 2.32. The Labute approximate surface area is 85.5 Å². The molecule has 0 spiro atoms. The molecule has 0 radical (unpaired) electrons. The maximum absolute atomic E-state index is 9.36. The van der Waals surface area contributed by atoms with Crippen LogP contribution in [0.15, 0.2) is 16.9 Å². The van der Waals surface area contributed by atoms with E-state index in [0.29, 0.717) is 11.6 Å².